The quantitative estimate of drug-likeness (QED) is 0.328. The second kappa shape index (κ2) is 12.7. The molecule has 3 atom stereocenters. The predicted molar refractivity (Wildman–Crippen MR) is 161 cm³/mol. The van der Waals surface area contributed by atoms with Gasteiger partial charge < -0.3 is 24.7 Å². The SMILES string of the molecule is CCC[C@H]1CN(CC(=O)c2cc(N3CCC(OCC(=O)O)C3)c(O)c(C(C)(C)C)c2)C(=NBr)[C@@H]1c1ccccc1. The largest absolute Gasteiger partial charge is 0.505 e. The second-order valence-electron chi connectivity index (χ2n) is 11.9. The van der Waals surface area contributed by atoms with E-state index >= 15 is 0 Å². The van der Waals surface area contributed by atoms with Gasteiger partial charge in [0.05, 0.1) is 34.5 Å². The number of ketones is 1. The third-order valence-electron chi connectivity index (χ3n) is 7.92. The molecular formula is C31H40BrN3O5. The fraction of sp³-hybridized carbons (Fsp3) is 0.516. The first-order valence-electron chi connectivity index (χ1n) is 14.0. The summed E-state index contributed by atoms with van der Waals surface area (Å²) in [6, 6.07) is 13.9. The van der Waals surface area contributed by atoms with E-state index < -0.39 is 11.4 Å². The fourth-order valence-electron chi connectivity index (χ4n) is 5.98. The van der Waals surface area contributed by atoms with E-state index in [2.05, 4.69) is 44.1 Å². The third-order valence-corrected chi connectivity index (χ3v) is 8.28. The average molecular weight is 615 g/mol. The van der Waals surface area contributed by atoms with Crippen LogP contribution < -0.4 is 4.90 Å². The number of anilines is 1. The number of hydrogen-bond donors (Lipinski definition) is 2. The van der Waals surface area contributed by atoms with Crippen LogP contribution in [0.5, 0.6) is 5.75 Å². The van der Waals surface area contributed by atoms with Crippen molar-refractivity contribution in [3.63, 3.8) is 0 Å². The minimum absolute atomic E-state index is 0.0396. The number of rotatable bonds is 10. The molecular weight excluding hydrogens is 574 g/mol. The molecule has 2 fully saturated rings. The summed E-state index contributed by atoms with van der Waals surface area (Å²) in [5.74, 6) is 0.436. The summed E-state index contributed by atoms with van der Waals surface area (Å²) in [5, 5.41) is 20.3. The number of ether oxygens (including phenoxy) is 1. The van der Waals surface area contributed by atoms with Gasteiger partial charge in [0, 0.05) is 36.7 Å². The van der Waals surface area contributed by atoms with Gasteiger partial charge in [-0.15, -0.1) is 0 Å². The predicted octanol–water partition coefficient (Wildman–Crippen LogP) is 5.78. The van der Waals surface area contributed by atoms with Crippen LogP contribution in [-0.4, -0.2) is 71.6 Å². The number of carboxylic acids is 1. The zero-order valence-corrected chi connectivity index (χ0v) is 25.4. The first-order valence-corrected chi connectivity index (χ1v) is 14.7. The number of aliphatic carboxylic acids is 1. The number of likely N-dealkylation sites (tertiary alicyclic amines) is 1. The van der Waals surface area contributed by atoms with Crippen molar-refractivity contribution in [2.75, 3.05) is 37.7 Å². The van der Waals surface area contributed by atoms with Crippen LogP contribution >= 0.6 is 16.1 Å². The minimum atomic E-state index is -1.01. The number of halogens is 1. The van der Waals surface area contributed by atoms with Crippen molar-refractivity contribution in [2.24, 2.45) is 9.94 Å². The van der Waals surface area contributed by atoms with Gasteiger partial charge in [-0.1, -0.05) is 64.4 Å². The lowest BCUT2D eigenvalue weighted by molar-refractivity contribution is -0.143. The number of Topliss-reactive ketones (excluding diaryl/α,β-unsaturated/α-hetero) is 1. The topological polar surface area (TPSA) is 103 Å². The summed E-state index contributed by atoms with van der Waals surface area (Å²) < 4.78 is 10.0. The van der Waals surface area contributed by atoms with Gasteiger partial charge >= 0.3 is 5.97 Å². The molecule has 2 aromatic carbocycles. The molecule has 1 unspecified atom stereocenters. The lowest BCUT2D eigenvalue weighted by atomic mass is 9.84. The molecule has 0 saturated carbocycles. The molecule has 2 aliphatic rings. The molecule has 2 aliphatic heterocycles. The Kier molecular flexibility index (Phi) is 9.56. The van der Waals surface area contributed by atoms with Crippen molar-refractivity contribution in [3.8, 4) is 5.75 Å². The lowest BCUT2D eigenvalue weighted by Crippen LogP contribution is -2.32. The Balaban J connectivity index is 1.61. The third kappa shape index (κ3) is 6.69. The van der Waals surface area contributed by atoms with E-state index in [0.29, 0.717) is 42.2 Å². The zero-order chi connectivity index (χ0) is 29.0. The molecule has 0 bridgehead atoms. The number of phenolic OH excluding ortho intramolecular Hbond substituents is 1. The molecule has 0 aliphatic carbocycles. The molecule has 9 heteroatoms. The molecule has 2 N–H and O–H groups in total. The van der Waals surface area contributed by atoms with Crippen molar-refractivity contribution in [2.45, 2.75) is 64.4 Å². The molecule has 0 radical (unpaired) electrons. The highest BCUT2D eigenvalue weighted by Gasteiger charge is 2.40. The maximum absolute atomic E-state index is 13.9. The van der Waals surface area contributed by atoms with E-state index in [1.807, 2.05) is 49.9 Å². The number of hydrogen-bond acceptors (Lipinski definition) is 6. The summed E-state index contributed by atoms with van der Waals surface area (Å²) in [4.78, 5) is 28.9. The minimum Gasteiger partial charge on any atom is -0.505 e. The number of amidine groups is 1. The lowest BCUT2D eigenvalue weighted by Gasteiger charge is -2.27. The molecule has 4 rings (SSSR count). The molecule has 0 amide bonds. The summed E-state index contributed by atoms with van der Waals surface area (Å²) >= 11 is 3.36. The first kappa shape index (κ1) is 30.1. The maximum Gasteiger partial charge on any atom is 0.329 e. The van der Waals surface area contributed by atoms with Crippen molar-refractivity contribution in [1.82, 2.24) is 4.90 Å². The van der Waals surface area contributed by atoms with E-state index in [4.69, 9.17) is 9.84 Å². The van der Waals surface area contributed by atoms with Gasteiger partial charge in [0.1, 0.15) is 18.2 Å². The number of benzene rings is 2. The number of aromatic hydroxyl groups is 1. The Hall–Kier alpha value is -2.91. The maximum atomic E-state index is 13.9. The van der Waals surface area contributed by atoms with Crippen LogP contribution in [0.1, 0.15) is 74.4 Å². The number of carbonyl (C=O) groups excluding carboxylic acids is 1. The second-order valence-corrected chi connectivity index (χ2v) is 12.2. The van der Waals surface area contributed by atoms with Crippen LogP contribution in [-0.2, 0) is 14.9 Å². The average Bonchev–Trinajstić information content (AvgIpc) is 3.52. The van der Waals surface area contributed by atoms with E-state index in [-0.39, 0.29) is 36.7 Å². The molecule has 2 heterocycles. The molecule has 0 aromatic heterocycles. The zero-order valence-electron chi connectivity index (χ0n) is 23.8. The standard InChI is InChI=1S/C31H40BrN3O5/c1-5-9-21-16-35(30(33-32)28(21)20-10-7-6-8-11-20)18-26(36)22-14-24(31(2,3)4)29(39)25(15-22)34-13-12-23(17-34)40-19-27(37)38/h6-8,10-11,14-15,21,23,28,39H,5,9,12-13,16-19H2,1-4H3,(H,37,38)/t21-,23?,28+/m0/s1. The smallest absolute Gasteiger partial charge is 0.329 e. The summed E-state index contributed by atoms with van der Waals surface area (Å²) in [6.45, 7) is 9.85. The van der Waals surface area contributed by atoms with Crippen molar-refractivity contribution in [3.05, 3.63) is 59.2 Å². The summed E-state index contributed by atoms with van der Waals surface area (Å²) in [7, 11) is 0. The van der Waals surface area contributed by atoms with Gasteiger partial charge in [0.15, 0.2) is 5.78 Å². The van der Waals surface area contributed by atoms with Crippen LogP contribution in [0.15, 0.2) is 46.5 Å². The van der Waals surface area contributed by atoms with Crippen LogP contribution in [0.4, 0.5) is 5.69 Å². The highest BCUT2D eigenvalue weighted by Crippen LogP contribution is 2.42. The van der Waals surface area contributed by atoms with E-state index in [1.54, 1.807) is 6.07 Å². The van der Waals surface area contributed by atoms with Crippen molar-refractivity contribution < 1.29 is 24.5 Å². The van der Waals surface area contributed by atoms with Gasteiger partial charge in [-0.2, -0.15) is 4.02 Å². The highest BCUT2D eigenvalue weighted by atomic mass is 79.9. The highest BCUT2D eigenvalue weighted by molar-refractivity contribution is 9.08. The number of carboxylic acid groups (broad SMARTS) is 1. The Morgan fingerprint density at radius 2 is 1.88 bits per heavy atom. The molecule has 216 valence electrons. The van der Waals surface area contributed by atoms with E-state index in [9.17, 15) is 14.7 Å². The van der Waals surface area contributed by atoms with Crippen molar-refractivity contribution in [1.29, 1.82) is 0 Å². The summed E-state index contributed by atoms with van der Waals surface area (Å²) in [6.07, 6.45) is 2.48. The van der Waals surface area contributed by atoms with Gasteiger partial charge in [-0.25, -0.2) is 4.79 Å². The van der Waals surface area contributed by atoms with Gasteiger partial charge in [-0.05, 0) is 41.9 Å². The first-order chi connectivity index (χ1) is 19.0. The summed E-state index contributed by atoms with van der Waals surface area (Å²) in [5.41, 5.74) is 2.63. The van der Waals surface area contributed by atoms with Gasteiger partial charge in [0.2, 0.25) is 0 Å². The fourth-order valence-corrected chi connectivity index (χ4v) is 6.43. The monoisotopic (exact) mass is 613 g/mol. The van der Waals surface area contributed by atoms with Crippen LogP contribution in [0.3, 0.4) is 0 Å². The van der Waals surface area contributed by atoms with Crippen LogP contribution in [0.25, 0.3) is 0 Å². The van der Waals surface area contributed by atoms with Gasteiger partial charge in [-0.3, -0.25) is 4.79 Å². The number of phenols is 1. The Morgan fingerprint density at radius 1 is 1.15 bits per heavy atom. The number of nitrogens with zero attached hydrogens (tertiary/aromatic N) is 3. The normalized spacial score (nSPS) is 22.3. The number of carbonyl (C=O) groups is 2. The molecule has 0 spiro atoms. The Labute approximate surface area is 245 Å². The van der Waals surface area contributed by atoms with Crippen LogP contribution in [0.2, 0.25) is 0 Å². The molecule has 2 saturated heterocycles. The van der Waals surface area contributed by atoms with Gasteiger partial charge in [0.25, 0.3) is 0 Å². The molecule has 8 nitrogen and oxygen atoms in total. The van der Waals surface area contributed by atoms with Crippen LogP contribution in [0, 0.1) is 5.92 Å². The Bertz CT molecular complexity index is 1240. The molecule has 40 heavy (non-hydrogen) atoms. The molecule has 2 aromatic rings. The Morgan fingerprint density at radius 3 is 2.50 bits per heavy atom. The van der Waals surface area contributed by atoms with E-state index in [0.717, 1.165) is 25.2 Å². The van der Waals surface area contributed by atoms with Crippen molar-refractivity contribution >= 4 is 39.4 Å². The van der Waals surface area contributed by atoms with E-state index in [1.165, 1.54) is 5.56 Å².